The third-order valence-corrected chi connectivity index (χ3v) is 6.63. The molecule has 0 aliphatic carbocycles. The summed E-state index contributed by atoms with van der Waals surface area (Å²) in [5.74, 6) is -0.515. The monoisotopic (exact) mass is 496 g/mol. The van der Waals surface area contributed by atoms with E-state index in [1.54, 1.807) is 68.8 Å². The first-order chi connectivity index (χ1) is 16.8. The predicted octanol–water partition coefficient (Wildman–Crippen LogP) is 3.23. The molecule has 0 aliphatic rings. The molecule has 0 saturated carbocycles. The topological polar surface area (TPSA) is 111 Å². The van der Waals surface area contributed by atoms with Crippen molar-refractivity contribution in [1.29, 1.82) is 0 Å². The van der Waals surface area contributed by atoms with Crippen LogP contribution in [-0.2, 0) is 26.8 Å². The molecule has 0 bridgehead atoms. The third kappa shape index (κ3) is 7.86. The van der Waals surface area contributed by atoms with E-state index in [0.29, 0.717) is 41.3 Å². The fourth-order valence-corrected chi connectivity index (χ4v) is 4.71. The van der Waals surface area contributed by atoms with Gasteiger partial charge in [0.25, 0.3) is 5.91 Å². The van der Waals surface area contributed by atoms with Crippen molar-refractivity contribution in [3.8, 4) is 11.5 Å². The van der Waals surface area contributed by atoms with Crippen LogP contribution in [0.5, 0.6) is 11.5 Å². The number of ether oxygens (including phenoxy) is 2. The Kier molecular flexibility index (Phi) is 8.86. The van der Waals surface area contributed by atoms with Crippen molar-refractivity contribution in [2.75, 3.05) is 31.8 Å². The summed E-state index contributed by atoms with van der Waals surface area (Å²) in [6.45, 7) is 0.418. The molecular formula is C26H28N2O6S. The fraction of sp³-hybridized carbons (Fsp3) is 0.231. The molecule has 0 unspecified atom stereocenters. The van der Waals surface area contributed by atoms with E-state index in [2.05, 4.69) is 10.6 Å². The van der Waals surface area contributed by atoms with Crippen molar-refractivity contribution in [2.24, 2.45) is 0 Å². The van der Waals surface area contributed by atoms with Crippen molar-refractivity contribution in [3.63, 3.8) is 0 Å². The first-order valence-electron chi connectivity index (χ1n) is 10.9. The van der Waals surface area contributed by atoms with Crippen LogP contribution in [0, 0.1) is 0 Å². The van der Waals surface area contributed by atoms with Crippen molar-refractivity contribution < 1.29 is 27.5 Å². The Hall–Kier alpha value is -3.85. The van der Waals surface area contributed by atoms with E-state index in [1.807, 2.05) is 18.2 Å². The summed E-state index contributed by atoms with van der Waals surface area (Å²) in [5.41, 5.74) is 2.44. The van der Waals surface area contributed by atoms with Crippen LogP contribution in [-0.4, -0.2) is 46.7 Å². The Labute approximate surface area is 205 Å². The number of anilines is 1. The molecule has 2 N–H and O–H groups in total. The molecule has 3 aromatic rings. The minimum Gasteiger partial charge on any atom is -0.493 e. The molecule has 0 radical (unpaired) electrons. The van der Waals surface area contributed by atoms with Gasteiger partial charge in [0.2, 0.25) is 5.91 Å². The Balaban J connectivity index is 1.49. The van der Waals surface area contributed by atoms with Crippen LogP contribution < -0.4 is 20.1 Å². The molecule has 9 heteroatoms. The van der Waals surface area contributed by atoms with Gasteiger partial charge in [0, 0.05) is 17.8 Å². The van der Waals surface area contributed by atoms with E-state index < -0.39 is 21.5 Å². The first-order valence-corrected chi connectivity index (χ1v) is 12.7. The lowest BCUT2D eigenvalue weighted by Crippen LogP contribution is -2.26. The maximum absolute atomic E-state index is 12.4. The standard InChI is InChI=1S/C26H28N2O6S/c1-33-23-13-10-19(16-24(23)34-2)14-15-27-26(30)21-11-8-20(9-12-21)17-35(31,32)18-25(29)28-22-6-4-3-5-7-22/h3-13,16H,14-15,17-18H2,1-2H3,(H,27,30)(H,28,29). The summed E-state index contributed by atoms with van der Waals surface area (Å²) in [6, 6.07) is 20.5. The van der Waals surface area contributed by atoms with Crippen molar-refractivity contribution in [3.05, 3.63) is 89.5 Å². The number of nitrogens with one attached hydrogen (secondary N) is 2. The van der Waals surface area contributed by atoms with E-state index >= 15 is 0 Å². The van der Waals surface area contributed by atoms with E-state index in [4.69, 9.17) is 9.47 Å². The summed E-state index contributed by atoms with van der Waals surface area (Å²) >= 11 is 0. The third-order valence-electron chi connectivity index (χ3n) is 5.16. The summed E-state index contributed by atoms with van der Waals surface area (Å²) < 4.78 is 35.4. The highest BCUT2D eigenvalue weighted by Gasteiger charge is 2.18. The highest BCUT2D eigenvalue weighted by Crippen LogP contribution is 2.27. The second kappa shape index (κ2) is 12.0. The lowest BCUT2D eigenvalue weighted by molar-refractivity contribution is -0.113. The quantitative estimate of drug-likeness (QED) is 0.422. The van der Waals surface area contributed by atoms with Gasteiger partial charge in [0.1, 0.15) is 5.75 Å². The van der Waals surface area contributed by atoms with Gasteiger partial charge in [-0.3, -0.25) is 9.59 Å². The van der Waals surface area contributed by atoms with Crippen LogP contribution in [0.3, 0.4) is 0 Å². The molecule has 0 aromatic heterocycles. The normalized spacial score (nSPS) is 10.9. The molecule has 0 heterocycles. The Bertz CT molecular complexity index is 1260. The number of sulfone groups is 1. The number of methoxy groups -OCH3 is 2. The molecule has 8 nitrogen and oxygen atoms in total. The van der Waals surface area contributed by atoms with Gasteiger partial charge in [-0.1, -0.05) is 36.4 Å². The van der Waals surface area contributed by atoms with Gasteiger partial charge in [-0.15, -0.1) is 0 Å². The number of benzene rings is 3. The Morgan fingerprint density at radius 2 is 1.49 bits per heavy atom. The van der Waals surface area contributed by atoms with Gasteiger partial charge in [-0.05, 0) is 53.9 Å². The summed E-state index contributed by atoms with van der Waals surface area (Å²) in [5, 5.41) is 5.42. The van der Waals surface area contributed by atoms with E-state index in [9.17, 15) is 18.0 Å². The second-order valence-electron chi connectivity index (χ2n) is 7.84. The summed E-state index contributed by atoms with van der Waals surface area (Å²) in [6.07, 6.45) is 0.605. The SMILES string of the molecule is COc1ccc(CCNC(=O)c2ccc(CS(=O)(=O)CC(=O)Nc3ccccc3)cc2)cc1OC. The molecule has 0 fully saturated rings. The molecule has 184 valence electrons. The Morgan fingerprint density at radius 1 is 0.829 bits per heavy atom. The van der Waals surface area contributed by atoms with E-state index in [0.717, 1.165) is 5.56 Å². The number of hydrogen-bond donors (Lipinski definition) is 2. The zero-order chi connectivity index (χ0) is 25.3. The van der Waals surface area contributed by atoms with Gasteiger partial charge in [-0.2, -0.15) is 0 Å². The number of carbonyl (C=O) groups is 2. The molecule has 0 spiro atoms. The highest BCUT2D eigenvalue weighted by atomic mass is 32.2. The van der Waals surface area contributed by atoms with Gasteiger partial charge in [0.05, 0.1) is 20.0 Å². The van der Waals surface area contributed by atoms with Crippen LogP contribution in [0.15, 0.2) is 72.8 Å². The van der Waals surface area contributed by atoms with Gasteiger partial charge < -0.3 is 20.1 Å². The van der Waals surface area contributed by atoms with Crippen LogP contribution in [0.25, 0.3) is 0 Å². The maximum Gasteiger partial charge on any atom is 0.251 e. The van der Waals surface area contributed by atoms with Crippen molar-refractivity contribution >= 4 is 27.3 Å². The van der Waals surface area contributed by atoms with Crippen molar-refractivity contribution in [2.45, 2.75) is 12.2 Å². The summed E-state index contributed by atoms with van der Waals surface area (Å²) in [7, 11) is -0.537. The van der Waals surface area contributed by atoms with Crippen LogP contribution in [0.2, 0.25) is 0 Å². The molecule has 0 aliphatic heterocycles. The average Bonchev–Trinajstić information content (AvgIpc) is 2.84. The number of carbonyl (C=O) groups excluding carboxylic acids is 2. The number of amides is 2. The van der Waals surface area contributed by atoms with E-state index in [-0.39, 0.29) is 11.7 Å². The predicted molar refractivity (Wildman–Crippen MR) is 135 cm³/mol. The molecule has 3 aromatic carbocycles. The largest absolute Gasteiger partial charge is 0.493 e. The van der Waals surface area contributed by atoms with Crippen LogP contribution in [0.4, 0.5) is 5.69 Å². The lowest BCUT2D eigenvalue weighted by atomic mass is 10.1. The minimum atomic E-state index is -3.67. The molecular weight excluding hydrogens is 468 g/mol. The van der Waals surface area contributed by atoms with Crippen LogP contribution >= 0.6 is 0 Å². The maximum atomic E-state index is 12.4. The van der Waals surface area contributed by atoms with E-state index in [1.165, 1.54) is 0 Å². The molecule has 2 amide bonds. The average molecular weight is 497 g/mol. The number of hydrogen-bond acceptors (Lipinski definition) is 6. The first kappa shape index (κ1) is 25.8. The highest BCUT2D eigenvalue weighted by molar-refractivity contribution is 7.91. The van der Waals surface area contributed by atoms with Gasteiger partial charge in [0.15, 0.2) is 21.3 Å². The second-order valence-corrected chi connectivity index (χ2v) is 9.90. The number of rotatable bonds is 11. The van der Waals surface area contributed by atoms with Gasteiger partial charge >= 0.3 is 0 Å². The fourth-order valence-electron chi connectivity index (χ4n) is 3.43. The van der Waals surface area contributed by atoms with Crippen LogP contribution in [0.1, 0.15) is 21.5 Å². The smallest absolute Gasteiger partial charge is 0.251 e. The lowest BCUT2D eigenvalue weighted by Gasteiger charge is -2.10. The minimum absolute atomic E-state index is 0.262. The zero-order valence-electron chi connectivity index (χ0n) is 19.6. The van der Waals surface area contributed by atoms with Crippen molar-refractivity contribution in [1.82, 2.24) is 5.32 Å². The zero-order valence-corrected chi connectivity index (χ0v) is 20.4. The molecule has 0 saturated heterocycles. The van der Waals surface area contributed by atoms with Gasteiger partial charge in [-0.25, -0.2) is 8.42 Å². The number of para-hydroxylation sites is 1. The molecule has 0 atom stereocenters. The Morgan fingerprint density at radius 3 is 2.14 bits per heavy atom. The molecule has 35 heavy (non-hydrogen) atoms. The molecule has 3 rings (SSSR count). The summed E-state index contributed by atoms with van der Waals surface area (Å²) in [4.78, 5) is 24.5.